The fraction of sp³-hybridized carbons (Fsp3) is 0.0625. The van der Waals surface area contributed by atoms with Gasteiger partial charge in [-0.3, -0.25) is 14.4 Å². The lowest BCUT2D eigenvalue weighted by Gasteiger charge is -2.08. The molecule has 0 aliphatic carbocycles. The van der Waals surface area contributed by atoms with Crippen molar-refractivity contribution in [2.75, 3.05) is 21.7 Å². The topological polar surface area (TPSA) is 113 Å². The van der Waals surface area contributed by atoms with Gasteiger partial charge in [-0.1, -0.05) is 11.6 Å². The van der Waals surface area contributed by atoms with Crippen LogP contribution in [0.4, 0.5) is 22.7 Å². The number of anilines is 4. The molecule has 0 saturated carbocycles. The summed E-state index contributed by atoms with van der Waals surface area (Å²) >= 11 is 5.85. The number of nitrogens with one attached hydrogen (secondary N) is 3. The normalized spacial score (nSPS) is 9.92. The summed E-state index contributed by atoms with van der Waals surface area (Å²) in [4.78, 5) is 34.7. The molecule has 7 nitrogen and oxygen atoms in total. The van der Waals surface area contributed by atoms with Crippen LogP contribution in [0.1, 0.15) is 6.92 Å². The van der Waals surface area contributed by atoms with Crippen molar-refractivity contribution >= 4 is 52.1 Å². The summed E-state index contributed by atoms with van der Waals surface area (Å²) in [5.41, 5.74) is 7.30. The van der Waals surface area contributed by atoms with E-state index in [1.807, 2.05) is 0 Å². The van der Waals surface area contributed by atoms with E-state index in [1.165, 1.54) is 25.1 Å². The molecule has 0 spiro atoms. The fourth-order valence-electron chi connectivity index (χ4n) is 1.82. The highest BCUT2D eigenvalue weighted by Gasteiger charge is 2.14. The summed E-state index contributed by atoms with van der Waals surface area (Å²) in [6.45, 7) is 1.39. The summed E-state index contributed by atoms with van der Waals surface area (Å²) in [6.07, 6.45) is 0. The van der Waals surface area contributed by atoms with Gasteiger partial charge in [0.05, 0.1) is 10.7 Å². The SMILES string of the molecule is CC(=O)Nc1ccc(NC(=O)C(=O)Nc2ccc(N)c(Cl)c2)cc1. The largest absolute Gasteiger partial charge is 0.398 e. The van der Waals surface area contributed by atoms with Gasteiger partial charge in [-0.15, -0.1) is 0 Å². The smallest absolute Gasteiger partial charge is 0.314 e. The summed E-state index contributed by atoms with van der Waals surface area (Å²) in [5, 5.41) is 7.74. The molecule has 0 bridgehead atoms. The van der Waals surface area contributed by atoms with Gasteiger partial charge in [0.2, 0.25) is 5.91 Å². The molecular weight excluding hydrogens is 332 g/mol. The first-order chi connectivity index (χ1) is 11.3. The maximum absolute atomic E-state index is 11.9. The number of hydrogen-bond donors (Lipinski definition) is 4. The van der Waals surface area contributed by atoms with Crippen LogP contribution in [0.15, 0.2) is 42.5 Å². The molecule has 0 radical (unpaired) electrons. The summed E-state index contributed by atoms with van der Waals surface area (Å²) < 4.78 is 0. The highest BCUT2D eigenvalue weighted by atomic mass is 35.5. The Bertz CT molecular complexity index is 790. The van der Waals surface area contributed by atoms with Crippen LogP contribution in [0.2, 0.25) is 5.02 Å². The number of carbonyl (C=O) groups excluding carboxylic acids is 3. The average molecular weight is 347 g/mol. The van der Waals surface area contributed by atoms with Crippen LogP contribution in [0.5, 0.6) is 0 Å². The second-order valence-corrected chi connectivity index (χ2v) is 5.31. The van der Waals surface area contributed by atoms with E-state index in [0.29, 0.717) is 22.7 Å². The minimum Gasteiger partial charge on any atom is -0.398 e. The molecule has 124 valence electrons. The van der Waals surface area contributed by atoms with Crippen LogP contribution in [-0.4, -0.2) is 17.7 Å². The number of rotatable bonds is 3. The summed E-state index contributed by atoms with van der Waals surface area (Å²) in [5.74, 6) is -1.88. The van der Waals surface area contributed by atoms with Gasteiger partial charge in [0, 0.05) is 24.0 Å². The Hall–Kier alpha value is -3.06. The van der Waals surface area contributed by atoms with Gasteiger partial charge < -0.3 is 21.7 Å². The highest BCUT2D eigenvalue weighted by Crippen LogP contribution is 2.22. The number of carbonyl (C=O) groups is 3. The molecular formula is C16H15ClN4O3. The molecule has 0 aliphatic rings. The van der Waals surface area contributed by atoms with Gasteiger partial charge in [-0.05, 0) is 42.5 Å². The molecule has 0 aliphatic heterocycles. The summed E-state index contributed by atoms with van der Waals surface area (Å²) in [6, 6.07) is 10.9. The van der Waals surface area contributed by atoms with E-state index in [1.54, 1.807) is 24.3 Å². The predicted molar refractivity (Wildman–Crippen MR) is 93.9 cm³/mol. The first-order valence-corrected chi connectivity index (χ1v) is 7.28. The Morgan fingerprint density at radius 3 is 1.79 bits per heavy atom. The first-order valence-electron chi connectivity index (χ1n) is 6.90. The van der Waals surface area contributed by atoms with Crippen molar-refractivity contribution in [3.8, 4) is 0 Å². The average Bonchev–Trinajstić information content (AvgIpc) is 2.52. The zero-order chi connectivity index (χ0) is 17.7. The Morgan fingerprint density at radius 1 is 0.833 bits per heavy atom. The number of halogens is 1. The van der Waals surface area contributed by atoms with Gasteiger partial charge in [-0.25, -0.2) is 0 Å². The van der Waals surface area contributed by atoms with Crippen LogP contribution in [0.25, 0.3) is 0 Å². The standard InChI is InChI=1S/C16H15ClN4O3/c1-9(22)19-10-2-4-11(5-3-10)20-15(23)16(24)21-12-6-7-14(18)13(17)8-12/h2-8H,18H2,1H3,(H,19,22)(H,20,23)(H,21,24). The Morgan fingerprint density at radius 2 is 1.29 bits per heavy atom. The third-order valence-corrected chi connectivity index (χ3v) is 3.26. The second-order valence-electron chi connectivity index (χ2n) is 4.90. The molecule has 2 aromatic rings. The van der Waals surface area contributed by atoms with Crippen LogP contribution in [-0.2, 0) is 14.4 Å². The lowest BCUT2D eigenvalue weighted by atomic mass is 10.2. The molecule has 0 fully saturated rings. The molecule has 8 heteroatoms. The van der Waals surface area contributed by atoms with Crippen molar-refractivity contribution in [3.05, 3.63) is 47.5 Å². The molecule has 5 N–H and O–H groups in total. The molecule has 2 aromatic carbocycles. The van der Waals surface area contributed by atoms with Gasteiger partial charge >= 0.3 is 11.8 Å². The molecule has 0 saturated heterocycles. The van der Waals surface area contributed by atoms with Crippen LogP contribution < -0.4 is 21.7 Å². The third-order valence-electron chi connectivity index (χ3n) is 2.93. The number of amides is 3. The van der Waals surface area contributed by atoms with Crippen molar-refractivity contribution in [2.24, 2.45) is 0 Å². The minimum atomic E-state index is -0.846. The molecule has 3 amide bonds. The third kappa shape index (κ3) is 4.72. The van der Waals surface area contributed by atoms with E-state index in [0.717, 1.165) is 0 Å². The van der Waals surface area contributed by atoms with Crippen LogP contribution >= 0.6 is 11.6 Å². The van der Waals surface area contributed by atoms with Crippen molar-refractivity contribution < 1.29 is 14.4 Å². The minimum absolute atomic E-state index is 0.201. The molecule has 0 aromatic heterocycles. The van der Waals surface area contributed by atoms with Gasteiger partial charge in [0.15, 0.2) is 0 Å². The Balaban J connectivity index is 1.97. The van der Waals surface area contributed by atoms with E-state index >= 15 is 0 Å². The molecule has 24 heavy (non-hydrogen) atoms. The number of benzene rings is 2. The zero-order valence-electron chi connectivity index (χ0n) is 12.7. The predicted octanol–water partition coefficient (Wildman–Crippen LogP) is 2.46. The maximum atomic E-state index is 11.9. The van der Waals surface area contributed by atoms with Crippen LogP contribution in [0, 0.1) is 0 Å². The summed E-state index contributed by atoms with van der Waals surface area (Å²) in [7, 11) is 0. The lowest BCUT2D eigenvalue weighted by Crippen LogP contribution is -2.29. The second kappa shape index (κ2) is 7.47. The first kappa shape index (κ1) is 17.3. The zero-order valence-corrected chi connectivity index (χ0v) is 13.5. The quantitative estimate of drug-likeness (QED) is 0.505. The van der Waals surface area contributed by atoms with Gasteiger partial charge in [-0.2, -0.15) is 0 Å². The van der Waals surface area contributed by atoms with Crippen molar-refractivity contribution in [2.45, 2.75) is 6.92 Å². The van der Waals surface area contributed by atoms with E-state index < -0.39 is 11.8 Å². The van der Waals surface area contributed by atoms with E-state index in [9.17, 15) is 14.4 Å². The molecule has 2 rings (SSSR count). The van der Waals surface area contributed by atoms with Crippen molar-refractivity contribution in [3.63, 3.8) is 0 Å². The molecule has 0 atom stereocenters. The number of hydrogen-bond acceptors (Lipinski definition) is 4. The van der Waals surface area contributed by atoms with Crippen LogP contribution in [0.3, 0.4) is 0 Å². The Labute approximate surface area is 143 Å². The monoisotopic (exact) mass is 346 g/mol. The highest BCUT2D eigenvalue weighted by molar-refractivity contribution is 6.43. The fourth-order valence-corrected chi connectivity index (χ4v) is 2.00. The molecule has 0 unspecified atom stereocenters. The van der Waals surface area contributed by atoms with E-state index in [-0.39, 0.29) is 10.9 Å². The van der Waals surface area contributed by atoms with E-state index in [2.05, 4.69) is 16.0 Å². The Kier molecular flexibility index (Phi) is 5.39. The van der Waals surface area contributed by atoms with Gasteiger partial charge in [0.25, 0.3) is 0 Å². The van der Waals surface area contributed by atoms with Crippen molar-refractivity contribution in [1.29, 1.82) is 0 Å². The van der Waals surface area contributed by atoms with Crippen molar-refractivity contribution in [1.82, 2.24) is 0 Å². The maximum Gasteiger partial charge on any atom is 0.314 e. The number of nitrogens with two attached hydrogens (primary N) is 1. The van der Waals surface area contributed by atoms with E-state index in [4.69, 9.17) is 17.3 Å². The lowest BCUT2D eigenvalue weighted by molar-refractivity contribution is -0.132. The van der Waals surface area contributed by atoms with Gasteiger partial charge in [0.1, 0.15) is 0 Å². The number of nitrogen functional groups attached to an aromatic ring is 1. The molecule has 0 heterocycles.